The Morgan fingerprint density at radius 3 is 2.52 bits per heavy atom. The van der Waals surface area contributed by atoms with E-state index in [0.717, 1.165) is 5.56 Å². The highest BCUT2D eigenvalue weighted by molar-refractivity contribution is 7.92. The van der Waals surface area contributed by atoms with Crippen LogP contribution in [0, 0.1) is 6.92 Å². The van der Waals surface area contributed by atoms with Gasteiger partial charge in [-0.25, -0.2) is 13.4 Å². The summed E-state index contributed by atoms with van der Waals surface area (Å²) in [7, 11) is -3.63. The molecule has 6 nitrogen and oxygen atoms in total. The van der Waals surface area contributed by atoms with Gasteiger partial charge >= 0.3 is 0 Å². The minimum absolute atomic E-state index is 0.258. The minimum atomic E-state index is -3.63. The molecule has 1 aromatic carbocycles. The van der Waals surface area contributed by atoms with Crippen LogP contribution in [-0.2, 0) is 16.6 Å². The van der Waals surface area contributed by atoms with Crippen molar-refractivity contribution in [2.24, 2.45) is 0 Å². The summed E-state index contributed by atoms with van der Waals surface area (Å²) in [4.78, 5) is 8.54. The Bertz CT molecular complexity index is 942. The van der Waals surface area contributed by atoms with E-state index in [4.69, 9.17) is 0 Å². The standard InChI is InChI=1S/C18H18N4O2S/c1-14-5-2-3-7-17(14)25(23,24)22-16-8-9-18(21-13-16)20-12-15-6-4-10-19-11-15/h2-11,13,22H,12H2,1H3,(H,20,21). The number of benzene rings is 1. The van der Waals surface area contributed by atoms with E-state index in [1.54, 1.807) is 55.7 Å². The molecule has 0 spiro atoms. The molecule has 0 unspecified atom stereocenters. The van der Waals surface area contributed by atoms with Crippen molar-refractivity contribution >= 4 is 21.5 Å². The average molecular weight is 354 g/mol. The molecule has 7 heteroatoms. The van der Waals surface area contributed by atoms with Crippen LogP contribution in [0.3, 0.4) is 0 Å². The van der Waals surface area contributed by atoms with Crippen molar-refractivity contribution in [1.29, 1.82) is 0 Å². The fourth-order valence-electron chi connectivity index (χ4n) is 2.32. The number of aromatic nitrogens is 2. The van der Waals surface area contributed by atoms with Gasteiger partial charge in [-0.1, -0.05) is 24.3 Å². The number of pyridine rings is 2. The normalized spacial score (nSPS) is 11.1. The lowest BCUT2D eigenvalue weighted by Crippen LogP contribution is -2.14. The highest BCUT2D eigenvalue weighted by atomic mass is 32.2. The van der Waals surface area contributed by atoms with Crippen molar-refractivity contribution in [3.63, 3.8) is 0 Å². The quantitative estimate of drug-likeness (QED) is 0.710. The maximum Gasteiger partial charge on any atom is 0.262 e. The number of anilines is 2. The molecule has 0 saturated heterocycles. The van der Waals surface area contributed by atoms with Gasteiger partial charge in [-0.2, -0.15) is 0 Å². The summed E-state index contributed by atoms with van der Waals surface area (Å²) in [5.41, 5.74) is 2.14. The van der Waals surface area contributed by atoms with Gasteiger partial charge in [0.15, 0.2) is 0 Å². The predicted octanol–water partition coefficient (Wildman–Crippen LogP) is 3.20. The fourth-order valence-corrected chi connectivity index (χ4v) is 3.61. The third-order valence-electron chi connectivity index (χ3n) is 3.60. The van der Waals surface area contributed by atoms with Gasteiger partial charge in [-0.05, 0) is 42.3 Å². The Morgan fingerprint density at radius 1 is 1.00 bits per heavy atom. The maximum absolute atomic E-state index is 12.5. The highest BCUT2D eigenvalue weighted by Gasteiger charge is 2.16. The van der Waals surface area contributed by atoms with Crippen LogP contribution in [0.1, 0.15) is 11.1 Å². The summed E-state index contributed by atoms with van der Waals surface area (Å²) in [5.74, 6) is 0.655. The van der Waals surface area contributed by atoms with Gasteiger partial charge in [0.1, 0.15) is 5.82 Å². The van der Waals surface area contributed by atoms with Crippen LogP contribution >= 0.6 is 0 Å². The van der Waals surface area contributed by atoms with Crippen LogP contribution in [0.2, 0.25) is 0 Å². The first-order valence-electron chi connectivity index (χ1n) is 7.72. The maximum atomic E-state index is 12.5. The van der Waals surface area contributed by atoms with Crippen LogP contribution in [-0.4, -0.2) is 18.4 Å². The summed E-state index contributed by atoms with van der Waals surface area (Å²) in [6, 6.07) is 14.1. The first kappa shape index (κ1) is 16.9. The van der Waals surface area contributed by atoms with Gasteiger partial charge in [0, 0.05) is 18.9 Å². The van der Waals surface area contributed by atoms with Crippen LogP contribution in [0.25, 0.3) is 0 Å². The number of sulfonamides is 1. The van der Waals surface area contributed by atoms with Crippen molar-refractivity contribution in [2.45, 2.75) is 18.4 Å². The van der Waals surface area contributed by atoms with Gasteiger partial charge in [0.05, 0.1) is 16.8 Å². The molecule has 0 aliphatic carbocycles. The molecule has 0 amide bonds. The predicted molar refractivity (Wildman–Crippen MR) is 97.8 cm³/mol. The lowest BCUT2D eigenvalue weighted by Gasteiger charge is -2.11. The van der Waals surface area contributed by atoms with E-state index < -0.39 is 10.0 Å². The molecular formula is C18H18N4O2S. The Labute approximate surface area is 147 Å². The molecule has 3 aromatic rings. The molecule has 3 rings (SSSR count). The Hall–Kier alpha value is -2.93. The second kappa shape index (κ2) is 7.31. The molecule has 2 N–H and O–H groups in total. The molecule has 0 atom stereocenters. The summed E-state index contributed by atoms with van der Waals surface area (Å²) in [6.07, 6.45) is 4.98. The number of rotatable bonds is 6. The molecule has 0 bridgehead atoms. The van der Waals surface area contributed by atoms with E-state index in [1.165, 1.54) is 6.20 Å². The average Bonchev–Trinajstić information content (AvgIpc) is 2.62. The highest BCUT2D eigenvalue weighted by Crippen LogP contribution is 2.19. The minimum Gasteiger partial charge on any atom is -0.366 e. The van der Waals surface area contributed by atoms with Gasteiger partial charge < -0.3 is 5.32 Å². The van der Waals surface area contributed by atoms with Crippen LogP contribution in [0.4, 0.5) is 11.5 Å². The lowest BCUT2D eigenvalue weighted by atomic mass is 10.2. The van der Waals surface area contributed by atoms with Crippen LogP contribution in [0.5, 0.6) is 0 Å². The number of hydrogen-bond donors (Lipinski definition) is 2. The van der Waals surface area contributed by atoms with Crippen LogP contribution in [0.15, 0.2) is 72.0 Å². The van der Waals surface area contributed by atoms with E-state index >= 15 is 0 Å². The molecule has 0 saturated carbocycles. The molecule has 0 radical (unpaired) electrons. The molecule has 128 valence electrons. The number of nitrogens with zero attached hydrogens (tertiary/aromatic N) is 2. The molecule has 0 aliphatic rings. The number of nitrogens with one attached hydrogen (secondary N) is 2. The SMILES string of the molecule is Cc1ccccc1S(=O)(=O)Nc1ccc(NCc2cccnc2)nc1. The molecule has 2 heterocycles. The monoisotopic (exact) mass is 354 g/mol. The second-order valence-electron chi connectivity index (χ2n) is 5.52. The Kier molecular flexibility index (Phi) is 4.95. The zero-order valence-corrected chi connectivity index (χ0v) is 14.5. The summed E-state index contributed by atoms with van der Waals surface area (Å²) in [5, 5.41) is 3.16. The molecular weight excluding hydrogens is 336 g/mol. The van der Waals surface area contributed by atoms with Gasteiger partial charge in [-0.3, -0.25) is 9.71 Å². The van der Waals surface area contributed by atoms with Crippen molar-refractivity contribution in [1.82, 2.24) is 9.97 Å². The molecule has 25 heavy (non-hydrogen) atoms. The Morgan fingerprint density at radius 2 is 1.84 bits per heavy atom. The second-order valence-corrected chi connectivity index (χ2v) is 7.17. The van der Waals surface area contributed by atoms with Crippen molar-refractivity contribution in [2.75, 3.05) is 10.0 Å². The zero-order valence-electron chi connectivity index (χ0n) is 13.7. The van der Waals surface area contributed by atoms with E-state index in [0.29, 0.717) is 23.6 Å². The zero-order chi connectivity index (χ0) is 17.7. The van der Waals surface area contributed by atoms with Crippen molar-refractivity contribution in [3.8, 4) is 0 Å². The largest absolute Gasteiger partial charge is 0.366 e. The van der Waals surface area contributed by atoms with E-state index in [9.17, 15) is 8.42 Å². The van der Waals surface area contributed by atoms with Gasteiger partial charge in [0.2, 0.25) is 0 Å². The van der Waals surface area contributed by atoms with Crippen molar-refractivity contribution in [3.05, 3.63) is 78.2 Å². The Balaban J connectivity index is 1.67. The molecule has 0 aliphatic heterocycles. The van der Waals surface area contributed by atoms with Gasteiger partial charge in [-0.15, -0.1) is 0 Å². The topological polar surface area (TPSA) is 84.0 Å². The van der Waals surface area contributed by atoms with Crippen molar-refractivity contribution < 1.29 is 8.42 Å². The summed E-state index contributed by atoms with van der Waals surface area (Å²) in [6.45, 7) is 2.35. The smallest absolute Gasteiger partial charge is 0.262 e. The third kappa shape index (κ3) is 4.33. The first-order valence-corrected chi connectivity index (χ1v) is 9.20. The summed E-state index contributed by atoms with van der Waals surface area (Å²) >= 11 is 0. The fraction of sp³-hybridized carbons (Fsp3) is 0.111. The number of aryl methyl sites for hydroxylation is 1. The van der Waals surface area contributed by atoms with Gasteiger partial charge in [0.25, 0.3) is 10.0 Å². The van der Waals surface area contributed by atoms with E-state index in [2.05, 4.69) is 20.0 Å². The van der Waals surface area contributed by atoms with E-state index in [-0.39, 0.29) is 4.90 Å². The number of hydrogen-bond acceptors (Lipinski definition) is 5. The third-order valence-corrected chi connectivity index (χ3v) is 5.14. The van der Waals surface area contributed by atoms with E-state index in [1.807, 2.05) is 12.1 Å². The molecule has 2 aromatic heterocycles. The first-order chi connectivity index (χ1) is 12.0. The summed E-state index contributed by atoms with van der Waals surface area (Å²) < 4.78 is 27.5. The lowest BCUT2D eigenvalue weighted by molar-refractivity contribution is 0.600. The van der Waals surface area contributed by atoms with Crippen LogP contribution < -0.4 is 10.0 Å². The molecule has 0 fully saturated rings.